The van der Waals surface area contributed by atoms with Gasteiger partial charge in [-0.05, 0) is 86.5 Å². The number of carboxylic acids is 1. The third kappa shape index (κ3) is 1.95. The Morgan fingerprint density at radius 2 is 2.14 bits per heavy atom. The molecule has 0 bridgehead atoms. The van der Waals surface area contributed by atoms with Gasteiger partial charge in [0.1, 0.15) is 0 Å². The quantitative estimate of drug-likeness (QED) is 0.855. The molecule has 3 aliphatic rings. The van der Waals surface area contributed by atoms with E-state index >= 15 is 0 Å². The van der Waals surface area contributed by atoms with E-state index in [1.54, 1.807) is 0 Å². The van der Waals surface area contributed by atoms with Crippen molar-refractivity contribution in [2.45, 2.75) is 57.5 Å². The molecule has 1 N–H and O–H groups in total. The Labute approximate surface area is 131 Å². The zero-order chi connectivity index (χ0) is 15.5. The van der Waals surface area contributed by atoms with Crippen LogP contribution in [0.15, 0.2) is 12.1 Å². The molecule has 3 nitrogen and oxygen atoms in total. The first-order valence-corrected chi connectivity index (χ1v) is 8.50. The molecule has 1 aliphatic heterocycles. The molecule has 0 radical (unpaired) electrons. The average Bonchev–Trinajstić information content (AvgIpc) is 2.88. The first-order chi connectivity index (χ1) is 10.5. The number of aryl methyl sites for hydroxylation is 2. The van der Waals surface area contributed by atoms with E-state index in [0.717, 1.165) is 25.0 Å². The van der Waals surface area contributed by atoms with Crippen molar-refractivity contribution >= 4 is 5.97 Å². The number of benzene rings is 1. The van der Waals surface area contributed by atoms with E-state index in [1.807, 2.05) is 13.0 Å². The molecule has 22 heavy (non-hydrogen) atoms. The Hall–Kier alpha value is -1.35. The summed E-state index contributed by atoms with van der Waals surface area (Å²) in [5.74, 6) is 1.19. The number of rotatable bonds is 1. The van der Waals surface area contributed by atoms with E-state index in [0.29, 0.717) is 23.3 Å². The molecular formula is C19H24O3. The molecule has 0 spiro atoms. The number of aromatic carboxylic acids is 1. The fourth-order valence-corrected chi connectivity index (χ4v) is 5.37. The van der Waals surface area contributed by atoms with Crippen LogP contribution >= 0.6 is 0 Å². The Balaban J connectivity index is 1.73. The largest absolute Gasteiger partial charge is 0.478 e. The van der Waals surface area contributed by atoms with Gasteiger partial charge < -0.3 is 9.84 Å². The van der Waals surface area contributed by atoms with Crippen molar-refractivity contribution in [3.8, 4) is 0 Å². The highest BCUT2D eigenvalue weighted by atomic mass is 16.5. The SMILES string of the molecule is Cc1cc2c(cc1C(=O)O)CC[C@@H]1[C@@H]2CC[C@]2(C)OCC[C@@H]12. The molecule has 1 saturated heterocycles. The Morgan fingerprint density at radius 3 is 2.91 bits per heavy atom. The van der Waals surface area contributed by atoms with Gasteiger partial charge in [0.2, 0.25) is 0 Å². The molecule has 0 aromatic heterocycles. The number of hydrogen-bond acceptors (Lipinski definition) is 2. The summed E-state index contributed by atoms with van der Waals surface area (Å²) >= 11 is 0. The Bertz CT molecular complexity index is 636. The van der Waals surface area contributed by atoms with Gasteiger partial charge in [0.05, 0.1) is 11.2 Å². The topological polar surface area (TPSA) is 46.5 Å². The lowest BCUT2D eigenvalue weighted by Crippen LogP contribution is -2.44. The van der Waals surface area contributed by atoms with Crippen LogP contribution in [-0.4, -0.2) is 23.3 Å². The second-order valence-corrected chi connectivity index (χ2v) is 7.58. The maximum absolute atomic E-state index is 11.4. The van der Waals surface area contributed by atoms with Crippen LogP contribution in [0.2, 0.25) is 0 Å². The molecule has 1 aromatic carbocycles. The molecule has 0 amide bonds. The van der Waals surface area contributed by atoms with E-state index in [-0.39, 0.29) is 5.60 Å². The van der Waals surface area contributed by atoms with Crippen LogP contribution in [0.5, 0.6) is 0 Å². The van der Waals surface area contributed by atoms with Gasteiger partial charge in [-0.1, -0.05) is 6.07 Å². The van der Waals surface area contributed by atoms with E-state index in [1.165, 1.54) is 30.4 Å². The van der Waals surface area contributed by atoms with Crippen molar-refractivity contribution in [2.24, 2.45) is 11.8 Å². The highest BCUT2D eigenvalue weighted by molar-refractivity contribution is 5.89. The fraction of sp³-hybridized carbons (Fsp3) is 0.632. The zero-order valence-corrected chi connectivity index (χ0v) is 13.4. The molecule has 4 atom stereocenters. The molecule has 1 heterocycles. The van der Waals surface area contributed by atoms with Crippen LogP contribution in [0, 0.1) is 18.8 Å². The summed E-state index contributed by atoms with van der Waals surface area (Å²) in [6.07, 6.45) is 5.71. The summed E-state index contributed by atoms with van der Waals surface area (Å²) < 4.78 is 6.08. The van der Waals surface area contributed by atoms with Crippen LogP contribution in [0.4, 0.5) is 0 Å². The van der Waals surface area contributed by atoms with Gasteiger partial charge in [-0.2, -0.15) is 0 Å². The molecular weight excluding hydrogens is 276 g/mol. The van der Waals surface area contributed by atoms with Crippen molar-refractivity contribution in [3.63, 3.8) is 0 Å². The molecule has 2 fully saturated rings. The standard InChI is InChI=1S/C19H24O3/c1-11-9-16-12(10-15(11)18(20)21)3-4-14-13(16)5-7-19(2)17(14)6-8-22-19/h9-10,13-14,17H,3-8H2,1-2H3,(H,20,21)/t13-,14+,17-,19-/m0/s1. The average molecular weight is 300 g/mol. The second-order valence-electron chi connectivity index (χ2n) is 7.58. The third-order valence-electron chi connectivity index (χ3n) is 6.49. The number of carbonyl (C=O) groups is 1. The van der Waals surface area contributed by atoms with Crippen molar-refractivity contribution < 1.29 is 14.6 Å². The number of ether oxygens (including phenoxy) is 1. The minimum absolute atomic E-state index is 0.0920. The molecule has 1 aromatic rings. The summed E-state index contributed by atoms with van der Waals surface area (Å²) in [4.78, 5) is 11.4. The lowest BCUT2D eigenvalue weighted by atomic mass is 9.58. The first-order valence-electron chi connectivity index (χ1n) is 8.50. The first kappa shape index (κ1) is 14.3. The van der Waals surface area contributed by atoms with Gasteiger partial charge in [-0.15, -0.1) is 0 Å². The third-order valence-corrected chi connectivity index (χ3v) is 6.49. The van der Waals surface area contributed by atoms with Gasteiger partial charge >= 0.3 is 5.97 Å². The molecule has 2 aliphatic carbocycles. The van der Waals surface area contributed by atoms with Gasteiger partial charge in [0.15, 0.2) is 0 Å². The van der Waals surface area contributed by atoms with Crippen molar-refractivity contribution in [3.05, 3.63) is 34.4 Å². The maximum atomic E-state index is 11.4. The summed E-state index contributed by atoms with van der Waals surface area (Å²) in [7, 11) is 0. The minimum atomic E-state index is -0.803. The lowest BCUT2D eigenvalue weighted by Gasteiger charge is -2.48. The summed E-state index contributed by atoms with van der Waals surface area (Å²) in [5.41, 5.74) is 4.17. The molecule has 1 saturated carbocycles. The van der Waals surface area contributed by atoms with Crippen molar-refractivity contribution in [1.82, 2.24) is 0 Å². The smallest absolute Gasteiger partial charge is 0.335 e. The van der Waals surface area contributed by atoms with E-state index in [4.69, 9.17) is 4.74 Å². The van der Waals surface area contributed by atoms with Gasteiger partial charge in [-0.25, -0.2) is 4.79 Å². The Morgan fingerprint density at radius 1 is 1.32 bits per heavy atom. The monoisotopic (exact) mass is 300 g/mol. The van der Waals surface area contributed by atoms with Crippen LogP contribution in [0.25, 0.3) is 0 Å². The minimum Gasteiger partial charge on any atom is -0.478 e. The maximum Gasteiger partial charge on any atom is 0.335 e. The molecule has 4 rings (SSSR count). The van der Waals surface area contributed by atoms with Crippen LogP contribution in [0.1, 0.15) is 65.6 Å². The second kappa shape index (κ2) is 4.82. The number of fused-ring (bicyclic) bond motifs is 5. The van der Waals surface area contributed by atoms with Crippen molar-refractivity contribution in [2.75, 3.05) is 6.61 Å². The van der Waals surface area contributed by atoms with Gasteiger partial charge in [-0.3, -0.25) is 0 Å². The molecule has 3 heteroatoms. The fourth-order valence-electron chi connectivity index (χ4n) is 5.37. The normalized spacial score (nSPS) is 36.4. The number of carboxylic acid groups (broad SMARTS) is 1. The lowest BCUT2D eigenvalue weighted by molar-refractivity contribution is -0.0566. The Kier molecular flexibility index (Phi) is 3.12. The number of hydrogen-bond donors (Lipinski definition) is 1. The predicted molar refractivity (Wildman–Crippen MR) is 84.4 cm³/mol. The highest BCUT2D eigenvalue weighted by Gasteiger charge is 2.51. The van der Waals surface area contributed by atoms with E-state index in [2.05, 4.69) is 13.0 Å². The summed E-state index contributed by atoms with van der Waals surface area (Å²) in [6.45, 7) is 5.14. The zero-order valence-electron chi connectivity index (χ0n) is 13.4. The van der Waals surface area contributed by atoms with E-state index in [9.17, 15) is 9.90 Å². The molecule has 0 unspecified atom stereocenters. The van der Waals surface area contributed by atoms with Crippen LogP contribution in [0.3, 0.4) is 0 Å². The van der Waals surface area contributed by atoms with E-state index < -0.39 is 5.97 Å². The van der Waals surface area contributed by atoms with Crippen molar-refractivity contribution in [1.29, 1.82) is 0 Å². The predicted octanol–water partition coefficient (Wildman–Crippen LogP) is 3.93. The summed E-state index contributed by atoms with van der Waals surface area (Å²) in [6, 6.07) is 4.09. The summed E-state index contributed by atoms with van der Waals surface area (Å²) in [5, 5.41) is 9.34. The van der Waals surface area contributed by atoms with Crippen LogP contribution < -0.4 is 0 Å². The van der Waals surface area contributed by atoms with Gasteiger partial charge in [0, 0.05) is 6.61 Å². The molecule has 118 valence electrons. The highest BCUT2D eigenvalue weighted by Crippen LogP contribution is 2.55. The van der Waals surface area contributed by atoms with Gasteiger partial charge in [0.25, 0.3) is 0 Å². The van der Waals surface area contributed by atoms with Crippen LogP contribution in [-0.2, 0) is 11.2 Å².